The van der Waals surface area contributed by atoms with E-state index in [4.69, 9.17) is 0 Å². The minimum atomic E-state index is -0.361. The molecule has 1 aromatic carbocycles. The van der Waals surface area contributed by atoms with Gasteiger partial charge in [0.25, 0.3) is 5.56 Å². The number of piperidine rings is 1. The molecule has 0 amide bonds. The van der Waals surface area contributed by atoms with Crippen LogP contribution in [0.4, 0.5) is 0 Å². The number of nitrogens with one attached hydrogen (secondary N) is 1. The number of allylic oxidation sites excluding steroid dienone is 1. The summed E-state index contributed by atoms with van der Waals surface area (Å²) in [7, 11) is 1.51. The van der Waals surface area contributed by atoms with Crippen LogP contribution >= 0.6 is 0 Å². The monoisotopic (exact) mass is 337 g/mol. The third-order valence-electron chi connectivity index (χ3n) is 5.78. The van der Waals surface area contributed by atoms with Gasteiger partial charge in [-0.15, -0.1) is 0 Å². The van der Waals surface area contributed by atoms with Gasteiger partial charge in [0.05, 0.1) is 0 Å². The molecule has 0 saturated carbocycles. The predicted molar refractivity (Wildman–Crippen MR) is 98.8 cm³/mol. The van der Waals surface area contributed by atoms with Crippen molar-refractivity contribution in [2.24, 2.45) is 7.05 Å². The summed E-state index contributed by atoms with van der Waals surface area (Å²) in [6.07, 6.45) is 9.10. The molecule has 2 heterocycles. The van der Waals surface area contributed by atoms with Crippen LogP contribution in [0.25, 0.3) is 6.08 Å². The summed E-state index contributed by atoms with van der Waals surface area (Å²) in [6, 6.07) is 8.68. The van der Waals surface area contributed by atoms with Gasteiger partial charge in [-0.3, -0.25) is 9.36 Å². The lowest BCUT2D eigenvalue weighted by Crippen LogP contribution is -2.42. The number of aromatic nitrogens is 2. The van der Waals surface area contributed by atoms with Gasteiger partial charge in [0, 0.05) is 30.8 Å². The van der Waals surface area contributed by atoms with Crippen LogP contribution in [0.2, 0.25) is 0 Å². The van der Waals surface area contributed by atoms with Crippen molar-refractivity contribution in [1.29, 1.82) is 0 Å². The first-order chi connectivity index (χ1) is 12.1. The van der Waals surface area contributed by atoms with E-state index >= 15 is 0 Å². The molecule has 0 bridgehead atoms. The highest BCUT2D eigenvalue weighted by Crippen LogP contribution is 2.43. The number of benzene rings is 1. The van der Waals surface area contributed by atoms with Gasteiger partial charge in [-0.1, -0.05) is 36.4 Å². The Hall–Kier alpha value is -2.40. The molecule has 5 heteroatoms. The zero-order chi connectivity index (χ0) is 17.4. The van der Waals surface area contributed by atoms with E-state index in [2.05, 4.69) is 46.3 Å². The number of rotatable bonds is 3. The third kappa shape index (κ3) is 2.78. The molecule has 1 saturated heterocycles. The zero-order valence-corrected chi connectivity index (χ0v) is 14.5. The van der Waals surface area contributed by atoms with Crippen molar-refractivity contribution in [1.82, 2.24) is 14.5 Å². The van der Waals surface area contributed by atoms with E-state index in [-0.39, 0.29) is 16.7 Å². The van der Waals surface area contributed by atoms with E-state index < -0.39 is 0 Å². The van der Waals surface area contributed by atoms with E-state index in [0.717, 1.165) is 37.0 Å². The summed E-state index contributed by atoms with van der Waals surface area (Å²) in [4.78, 5) is 28.6. The first-order valence-electron chi connectivity index (χ1n) is 8.88. The number of aromatic amines is 1. The molecule has 1 spiro atoms. The Morgan fingerprint density at radius 2 is 1.92 bits per heavy atom. The van der Waals surface area contributed by atoms with Crippen LogP contribution in [0.15, 0.2) is 46.1 Å². The number of fused-ring (bicyclic) bond motifs is 2. The van der Waals surface area contributed by atoms with Gasteiger partial charge in [-0.05, 0) is 43.5 Å². The molecule has 25 heavy (non-hydrogen) atoms. The van der Waals surface area contributed by atoms with Crippen molar-refractivity contribution in [2.45, 2.75) is 24.7 Å². The van der Waals surface area contributed by atoms with Gasteiger partial charge >= 0.3 is 5.69 Å². The first-order valence-corrected chi connectivity index (χ1v) is 8.88. The molecule has 0 radical (unpaired) electrons. The molecule has 1 aliphatic heterocycles. The second-order valence-corrected chi connectivity index (χ2v) is 7.15. The normalized spacial score (nSPS) is 18.6. The molecule has 130 valence electrons. The lowest BCUT2D eigenvalue weighted by Gasteiger charge is -2.39. The highest BCUT2D eigenvalue weighted by molar-refractivity contribution is 5.65. The summed E-state index contributed by atoms with van der Waals surface area (Å²) >= 11 is 0. The van der Waals surface area contributed by atoms with Crippen LogP contribution in [0.5, 0.6) is 0 Å². The standard InChI is InChI=1S/C20H23N3O2/c1-22-18(24)16(14-21-19(22)25)7-11-23-12-9-20(10-13-23)8-6-15-4-2-3-5-17(15)20/h2-6,8,14H,7,9-13H2,1H3,(H,21,25). The SMILES string of the molecule is Cn1c(=O)[nH]cc(CCN2CCC3(C=Cc4ccccc43)CC2)c1=O. The average Bonchev–Trinajstić information content (AvgIpc) is 2.99. The van der Waals surface area contributed by atoms with Gasteiger partial charge in [0.15, 0.2) is 0 Å². The van der Waals surface area contributed by atoms with Crippen LogP contribution in [0.3, 0.4) is 0 Å². The Labute approximate surface area is 146 Å². The lowest BCUT2D eigenvalue weighted by molar-refractivity contribution is 0.186. The van der Waals surface area contributed by atoms with E-state index in [9.17, 15) is 9.59 Å². The molecule has 4 rings (SSSR count). The molecule has 0 atom stereocenters. The van der Waals surface area contributed by atoms with Crippen molar-refractivity contribution < 1.29 is 0 Å². The highest BCUT2D eigenvalue weighted by atomic mass is 16.2. The molecule has 0 unspecified atom stereocenters. The number of hydrogen-bond donors (Lipinski definition) is 1. The van der Waals surface area contributed by atoms with Crippen LogP contribution in [-0.4, -0.2) is 34.1 Å². The number of hydrogen-bond acceptors (Lipinski definition) is 3. The fourth-order valence-corrected chi connectivity index (χ4v) is 4.12. The Kier molecular flexibility index (Phi) is 3.96. The highest BCUT2D eigenvalue weighted by Gasteiger charge is 2.37. The van der Waals surface area contributed by atoms with Crippen molar-refractivity contribution in [3.8, 4) is 0 Å². The molecular weight excluding hydrogens is 314 g/mol. The van der Waals surface area contributed by atoms with Crippen LogP contribution in [0, 0.1) is 0 Å². The van der Waals surface area contributed by atoms with Crippen LogP contribution < -0.4 is 11.2 Å². The van der Waals surface area contributed by atoms with Crippen LogP contribution in [-0.2, 0) is 18.9 Å². The summed E-state index contributed by atoms with van der Waals surface area (Å²) in [5.74, 6) is 0. The first kappa shape index (κ1) is 16.1. The molecule has 1 N–H and O–H groups in total. The fraction of sp³-hybridized carbons (Fsp3) is 0.400. The van der Waals surface area contributed by atoms with Crippen molar-refractivity contribution in [3.05, 3.63) is 74.1 Å². The molecular formula is C20H23N3O2. The zero-order valence-electron chi connectivity index (χ0n) is 14.5. The molecule has 1 aromatic heterocycles. The number of H-pyrrole nitrogens is 1. The average molecular weight is 337 g/mol. The van der Waals surface area contributed by atoms with E-state index in [1.54, 1.807) is 6.20 Å². The van der Waals surface area contributed by atoms with Gasteiger partial charge in [-0.2, -0.15) is 0 Å². The van der Waals surface area contributed by atoms with Crippen molar-refractivity contribution in [3.63, 3.8) is 0 Å². The van der Waals surface area contributed by atoms with Gasteiger partial charge in [0.2, 0.25) is 0 Å². The molecule has 2 aliphatic rings. The maximum Gasteiger partial charge on any atom is 0.328 e. The topological polar surface area (TPSA) is 58.1 Å². The Morgan fingerprint density at radius 1 is 1.16 bits per heavy atom. The summed E-state index contributed by atoms with van der Waals surface area (Å²) < 4.78 is 1.14. The fourth-order valence-electron chi connectivity index (χ4n) is 4.12. The molecule has 1 aliphatic carbocycles. The minimum Gasteiger partial charge on any atom is -0.314 e. The summed E-state index contributed by atoms with van der Waals surface area (Å²) in [5.41, 5.74) is 3.14. The van der Waals surface area contributed by atoms with Gasteiger partial charge in [0.1, 0.15) is 0 Å². The second-order valence-electron chi connectivity index (χ2n) is 7.15. The quantitative estimate of drug-likeness (QED) is 0.927. The van der Waals surface area contributed by atoms with Crippen molar-refractivity contribution >= 4 is 6.08 Å². The lowest BCUT2D eigenvalue weighted by atomic mass is 9.74. The second kappa shape index (κ2) is 6.15. The Bertz CT molecular complexity index is 930. The van der Waals surface area contributed by atoms with E-state index in [1.165, 1.54) is 18.2 Å². The Morgan fingerprint density at radius 3 is 2.72 bits per heavy atom. The molecule has 5 nitrogen and oxygen atoms in total. The number of nitrogens with zero attached hydrogens (tertiary/aromatic N) is 2. The maximum atomic E-state index is 12.1. The molecule has 1 fully saturated rings. The van der Waals surface area contributed by atoms with Gasteiger partial charge in [-0.25, -0.2) is 4.79 Å². The number of likely N-dealkylation sites (tertiary alicyclic amines) is 1. The Balaban J connectivity index is 1.41. The third-order valence-corrected chi connectivity index (χ3v) is 5.78. The summed E-state index contributed by atoms with van der Waals surface area (Å²) in [6.45, 7) is 2.91. The predicted octanol–water partition coefficient (Wildman–Crippen LogP) is 1.68. The van der Waals surface area contributed by atoms with Gasteiger partial charge < -0.3 is 9.88 Å². The van der Waals surface area contributed by atoms with E-state index in [1.807, 2.05) is 0 Å². The minimum absolute atomic E-state index is 0.190. The smallest absolute Gasteiger partial charge is 0.314 e. The largest absolute Gasteiger partial charge is 0.328 e. The molecule has 2 aromatic rings. The van der Waals surface area contributed by atoms with Crippen molar-refractivity contribution in [2.75, 3.05) is 19.6 Å². The van der Waals surface area contributed by atoms with Crippen LogP contribution in [0.1, 0.15) is 29.5 Å². The maximum absolute atomic E-state index is 12.1. The van der Waals surface area contributed by atoms with E-state index in [0.29, 0.717) is 12.0 Å². The summed E-state index contributed by atoms with van der Waals surface area (Å²) in [5, 5.41) is 0.